The molecule has 1 nitrogen and oxygen atoms in total. The van der Waals surface area contributed by atoms with E-state index in [-0.39, 0.29) is 2.76 Å². The Bertz CT molecular complexity index is 252. The van der Waals surface area contributed by atoms with Gasteiger partial charge in [-0.2, -0.15) is 0 Å². The van der Waals surface area contributed by atoms with Crippen LogP contribution in [0.5, 0.6) is 0 Å². The second-order valence-electron chi connectivity index (χ2n) is 2.83. The van der Waals surface area contributed by atoms with Gasteiger partial charge < -0.3 is 0 Å². The molecule has 13 heavy (non-hydrogen) atoms. The van der Waals surface area contributed by atoms with Crippen molar-refractivity contribution in [1.29, 1.82) is 0 Å². The van der Waals surface area contributed by atoms with Crippen LogP contribution in [0, 0.1) is 0 Å². The number of rotatable bonds is 4. The van der Waals surface area contributed by atoms with E-state index < -0.39 is 0 Å². The maximum atomic E-state index is 5.83. The van der Waals surface area contributed by atoms with Crippen molar-refractivity contribution in [3.8, 4) is 0 Å². The number of hydrogen-bond acceptors (Lipinski definition) is 2. The van der Waals surface area contributed by atoms with Gasteiger partial charge in [-0.25, -0.2) is 0 Å². The van der Waals surface area contributed by atoms with E-state index in [2.05, 4.69) is 31.2 Å². The second kappa shape index (κ2) is 5.27. The molecular weight excluding hydrogens is 285 g/mol. The van der Waals surface area contributed by atoms with Gasteiger partial charge in [-0.1, -0.05) is 0 Å². The number of benzene rings is 1. The van der Waals surface area contributed by atoms with Crippen molar-refractivity contribution < 1.29 is 0 Å². The summed E-state index contributed by atoms with van der Waals surface area (Å²) in [5, 5.41) is 0. The molecule has 0 spiro atoms. The SMILES string of the molecule is CCS[C]([Sn+3])(CN)c1ccccc1. The van der Waals surface area contributed by atoms with Crippen LogP contribution in [0.15, 0.2) is 30.3 Å². The van der Waals surface area contributed by atoms with E-state index in [4.69, 9.17) is 5.73 Å². The van der Waals surface area contributed by atoms with E-state index in [1.807, 2.05) is 17.8 Å². The molecule has 1 rings (SSSR count). The Labute approximate surface area is 97.6 Å². The van der Waals surface area contributed by atoms with Gasteiger partial charge in [0, 0.05) is 0 Å². The summed E-state index contributed by atoms with van der Waals surface area (Å²) in [5.74, 6) is 1.12. The molecule has 0 bridgehead atoms. The zero-order chi connectivity index (χ0) is 9.73. The van der Waals surface area contributed by atoms with Crippen molar-refractivity contribution in [2.24, 2.45) is 5.73 Å². The van der Waals surface area contributed by atoms with E-state index in [0.29, 0.717) is 0 Å². The van der Waals surface area contributed by atoms with Gasteiger partial charge in [0.25, 0.3) is 0 Å². The summed E-state index contributed by atoms with van der Waals surface area (Å²) >= 11 is 3.44. The normalized spacial score (nSPS) is 15.4. The Morgan fingerprint density at radius 2 is 2.00 bits per heavy atom. The molecule has 0 saturated carbocycles. The van der Waals surface area contributed by atoms with Crippen LogP contribution < -0.4 is 5.73 Å². The third-order valence-electron chi connectivity index (χ3n) is 1.92. The van der Waals surface area contributed by atoms with Gasteiger partial charge in [-0.3, -0.25) is 0 Å². The van der Waals surface area contributed by atoms with Crippen LogP contribution in [0.2, 0.25) is 0 Å². The van der Waals surface area contributed by atoms with Crippen LogP contribution in [0.1, 0.15) is 12.5 Å². The molecule has 1 aromatic rings. The van der Waals surface area contributed by atoms with Gasteiger partial charge in [0.15, 0.2) is 0 Å². The maximum absolute atomic E-state index is 5.83. The molecule has 0 aliphatic rings. The zero-order valence-electron chi connectivity index (χ0n) is 7.79. The van der Waals surface area contributed by atoms with Crippen molar-refractivity contribution in [3.63, 3.8) is 0 Å². The minimum absolute atomic E-state index is 0.169. The quantitative estimate of drug-likeness (QED) is 0.857. The average Bonchev–Trinajstić information content (AvgIpc) is 2.19. The average molecular weight is 299 g/mol. The van der Waals surface area contributed by atoms with Gasteiger partial charge in [-0.15, -0.1) is 0 Å². The van der Waals surface area contributed by atoms with Gasteiger partial charge in [0.2, 0.25) is 0 Å². The summed E-state index contributed by atoms with van der Waals surface area (Å²) in [6, 6.07) is 10.6. The molecule has 0 fully saturated rings. The Kier molecular flexibility index (Phi) is 4.62. The van der Waals surface area contributed by atoms with Crippen LogP contribution >= 0.6 is 11.8 Å². The molecule has 3 heteroatoms. The molecule has 2 N–H and O–H groups in total. The molecule has 0 aromatic heterocycles. The summed E-state index contributed by atoms with van der Waals surface area (Å²) in [5.41, 5.74) is 7.19. The van der Waals surface area contributed by atoms with Crippen molar-refractivity contribution in [3.05, 3.63) is 35.9 Å². The van der Waals surface area contributed by atoms with Crippen molar-refractivity contribution >= 4 is 34.3 Å². The molecule has 0 amide bonds. The summed E-state index contributed by atoms with van der Waals surface area (Å²) in [7, 11) is 0. The van der Waals surface area contributed by atoms with E-state index in [0.717, 1.165) is 12.3 Å². The van der Waals surface area contributed by atoms with E-state index in [9.17, 15) is 0 Å². The first-order valence-electron chi connectivity index (χ1n) is 4.37. The number of thioether (sulfide) groups is 1. The molecular formula is C10H14NSSn+3. The fraction of sp³-hybridized carbons (Fsp3) is 0.400. The molecule has 0 radical (unpaired) electrons. The molecule has 1 aromatic carbocycles. The molecule has 66 valence electrons. The fourth-order valence-corrected chi connectivity index (χ4v) is 3.84. The third kappa shape index (κ3) is 2.89. The summed E-state index contributed by atoms with van der Waals surface area (Å²) in [6.07, 6.45) is 0. The molecule has 0 aliphatic carbocycles. The van der Waals surface area contributed by atoms with Gasteiger partial charge in [-0.05, 0) is 0 Å². The topological polar surface area (TPSA) is 26.0 Å². The first kappa shape index (κ1) is 11.4. The predicted molar refractivity (Wildman–Crippen MR) is 61.1 cm³/mol. The molecule has 0 saturated heterocycles. The molecule has 0 heterocycles. The molecule has 0 aliphatic heterocycles. The van der Waals surface area contributed by atoms with Crippen LogP contribution in [0.3, 0.4) is 0 Å². The van der Waals surface area contributed by atoms with E-state index in [1.165, 1.54) is 28.1 Å². The van der Waals surface area contributed by atoms with Crippen molar-refractivity contribution in [1.82, 2.24) is 0 Å². The standard InChI is InChI=1S/C10H14NS.Sn/c1-2-12-10(8-11)9-6-4-3-5-7-9;/h3-7H,2,8,11H2,1H3;/q;+3. The molecule has 1 atom stereocenters. The van der Waals surface area contributed by atoms with Gasteiger partial charge in [0.05, 0.1) is 0 Å². The first-order chi connectivity index (χ1) is 6.23. The first-order valence-corrected chi connectivity index (χ1v) is 6.79. The summed E-state index contributed by atoms with van der Waals surface area (Å²) in [4.78, 5) is 0. The van der Waals surface area contributed by atoms with Crippen LogP contribution in [0.4, 0.5) is 0 Å². The van der Waals surface area contributed by atoms with Crippen LogP contribution in [0.25, 0.3) is 0 Å². The fourth-order valence-electron chi connectivity index (χ4n) is 1.21. The van der Waals surface area contributed by atoms with Crippen molar-refractivity contribution in [2.75, 3.05) is 12.3 Å². The van der Waals surface area contributed by atoms with E-state index >= 15 is 0 Å². The van der Waals surface area contributed by atoms with Gasteiger partial charge >= 0.3 is 97.9 Å². The van der Waals surface area contributed by atoms with Crippen LogP contribution in [-0.4, -0.2) is 34.8 Å². The summed E-state index contributed by atoms with van der Waals surface area (Å²) in [6.45, 7) is 2.91. The summed E-state index contributed by atoms with van der Waals surface area (Å²) < 4.78 is 0.169. The monoisotopic (exact) mass is 300 g/mol. The Hall–Kier alpha value is 0.329. The van der Waals surface area contributed by atoms with Crippen molar-refractivity contribution in [2.45, 2.75) is 9.69 Å². The third-order valence-corrected chi connectivity index (χ3v) is 5.74. The number of hydrogen-bond donors (Lipinski definition) is 1. The molecule has 1 unspecified atom stereocenters. The minimum atomic E-state index is 0.169. The van der Waals surface area contributed by atoms with E-state index in [1.54, 1.807) is 0 Å². The van der Waals surface area contributed by atoms with Crippen LogP contribution in [-0.2, 0) is 2.76 Å². The Morgan fingerprint density at radius 1 is 1.38 bits per heavy atom. The predicted octanol–water partition coefficient (Wildman–Crippen LogP) is 1.72. The Balaban J connectivity index is 2.89. The second-order valence-corrected chi connectivity index (χ2v) is 7.86. The Morgan fingerprint density at radius 3 is 2.46 bits per heavy atom. The van der Waals surface area contributed by atoms with Gasteiger partial charge in [0.1, 0.15) is 0 Å². The number of nitrogens with two attached hydrogens (primary N) is 1. The zero-order valence-corrected chi connectivity index (χ0v) is 11.5.